The lowest BCUT2D eigenvalue weighted by atomic mass is 10.2. The lowest BCUT2D eigenvalue weighted by Crippen LogP contribution is -2.03. The van der Waals surface area contributed by atoms with Gasteiger partial charge in [-0.3, -0.25) is 0 Å². The first-order valence-electron chi connectivity index (χ1n) is 8.39. The summed E-state index contributed by atoms with van der Waals surface area (Å²) in [6.45, 7) is 0.970. The van der Waals surface area contributed by atoms with Crippen LogP contribution >= 0.6 is 50.7 Å². The van der Waals surface area contributed by atoms with E-state index < -0.39 is 0 Å². The quantitative estimate of drug-likeness (QED) is 0.361. The van der Waals surface area contributed by atoms with E-state index in [2.05, 4.69) is 21.2 Å². The summed E-state index contributed by atoms with van der Waals surface area (Å²) in [6.07, 6.45) is 0. The van der Waals surface area contributed by atoms with Crippen LogP contribution in [0.1, 0.15) is 11.1 Å². The van der Waals surface area contributed by atoms with Crippen LogP contribution in [-0.4, -0.2) is 7.11 Å². The first-order valence-corrected chi connectivity index (χ1v) is 10.3. The molecule has 0 spiro atoms. The molecule has 3 rings (SSSR count). The zero-order valence-electron chi connectivity index (χ0n) is 14.9. The van der Waals surface area contributed by atoms with Gasteiger partial charge in [-0.15, -0.1) is 0 Å². The highest BCUT2D eigenvalue weighted by molar-refractivity contribution is 9.10. The van der Waals surface area contributed by atoms with Crippen molar-refractivity contribution >= 4 is 56.4 Å². The van der Waals surface area contributed by atoms with Crippen molar-refractivity contribution in [2.24, 2.45) is 0 Å². The minimum absolute atomic E-state index is 0.407. The molecule has 0 aromatic heterocycles. The maximum atomic E-state index is 6.21. The Morgan fingerprint density at radius 1 is 0.893 bits per heavy atom. The zero-order valence-corrected chi connectivity index (χ0v) is 18.8. The summed E-state index contributed by atoms with van der Waals surface area (Å²) in [5.41, 5.74) is 2.83. The van der Waals surface area contributed by atoms with E-state index in [1.54, 1.807) is 19.2 Å². The third-order valence-corrected chi connectivity index (χ3v) is 5.39. The average Bonchev–Trinajstić information content (AvgIpc) is 2.67. The number of benzene rings is 3. The van der Waals surface area contributed by atoms with Gasteiger partial charge in [0.1, 0.15) is 6.61 Å². The highest BCUT2D eigenvalue weighted by atomic mass is 79.9. The molecule has 0 radical (unpaired) electrons. The summed E-state index contributed by atoms with van der Waals surface area (Å²) in [5.74, 6) is 1.29. The standard InChI is InChI=1S/C21H17BrCl3NO2/c1-27-20-9-14(11-26-19-7-6-16(24)10-18(19)25)8-17(22)21(20)28-12-13-2-4-15(23)5-3-13/h2-10,26H,11-12H2,1H3. The van der Waals surface area contributed by atoms with Crippen molar-refractivity contribution in [1.29, 1.82) is 0 Å². The molecule has 0 aliphatic heterocycles. The minimum atomic E-state index is 0.407. The van der Waals surface area contributed by atoms with Crippen LogP contribution in [0, 0.1) is 0 Å². The monoisotopic (exact) mass is 499 g/mol. The molecule has 3 aromatic rings. The smallest absolute Gasteiger partial charge is 0.175 e. The number of hydrogen-bond acceptors (Lipinski definition) is 3. The van der Waals surface area contributed by atoms with Crippen molar-refractivity contribution in [2.75, 3.05) is 12.4 Å². The molecule has 146 valence electrons. The van der Waals surface area contributed by atoms with E-state index in [9.17, 15) is 0 Å². The second kappa shape index (κ2) is 9.75. The summed E-state index contributed by atoms with van der Waals surface area (Å²) >= 11 is 21.6. The van der Waals surface area contributed by atoms with Gasteiger partial charge in [0.2, 0.25) is 0 Å². The van der Waals surface area contributed by atoms with Crippen molar-refractivity contribution in [1.82, 2.24) is 0 Å². The van der Waals surface area contributed by atoms with E-state index in [1.165, 1.54) is 0 Å². The van der Waals surface area contributed by atoms with Crippen molar-refractivity contribution in [2.45, 2.75) is 13.2 Å². The molecular formula is C21H17BrCl3NO2. The predicted molar refractivity (Wildman–Crippen MR) is 120 cm³/mol. The number of nitrogens with one attached hydrogen (secondary N) is 1. The number of rotatable bonds is 7. The lowest BCUT2D eigenvalue weighted by Gasteiger charge is -2.15. The molecular weight excluding hydrogens is 484 g/mol. The molecule has 0 atom stereocenters. The molecule has 0 fully saturated rings. The van der Waals surface area contributed by atoms with Crippen LogP contribution < -0.4 is 14.8 Å². The van der Waals surface area contributed by atoms with Crippen LogP contribution in [0.2, 0.25) is 15.1 Å². The normalized spacial score (nSPS) is 10.6. The van der Waals surface area contributed by atoms with Crippen LogP contribution in [0.3, 0.4) is 0 Å². The van der Waals surface area contributed by atoms with E-state index in [-0.39, 0.29) is 0 Å². The van der Waals surface area contributed by atoms with Crippen molar-refractivity contribution in [3.05, 3.63) is 85.3 Å². The Hall–Kier alpha value is -1.59. The number of methoxy groups -OCH3 is 1. The molecule has 7 heteroatoms. The van der Waals surface area contributed by atoms with Gasteiger partial charge in [0.25, 0.3) is 0 Å². The van der Waals surface area contributed by atoms with Crippen LogP contribution in [-0.2, 0) is 13.2 Å². The maximum absolute atomic E-state index is 6.21. The van der Waals surface area contributed by atoms with Gasteiger partial charge in [-0.1, -0.05) is 46.9 Å². The Labute approximate surface area is 187 Å². The SMILES string of the molecule is COc1cc(CNc2ccc(Cl)cc2Cl)cc(Br)c1OCc1ccc(Cl)cc1. The van der Waals surface area contributed by atoms with Gasteiger partial charge in [-0.2, -0.15) is 0 Å². The molecule has 28 heavy (non-hydrogen) atoms. The third kappa shape index (κ3) is 5.48. The van der Waals surface area contributed by atoms with Gasteiger partial charge in [-0.25, -0.2) is 0 Å². The molecule has 0 aliphatic rings. The number of hydrogen-bond donors (Lipinski definition) is 1. The van der Waals surface area contributed by atoms with E-state index in [4.69, 9.17) is 44.3 Å². The number of anilines is 1. The molecule has 0 amide bonds. The highest BCUT2D eigenvalue weighted by Crippen LogP contribution is 2.37. The summed E-state index contributed by atoms with van der Waals surface area (Å²) in [4.78, 5) is 0. The fourth-order valence-electron chi connectivity index (χ4n) is 2.58. The molecule has 0 aliphatic carbocycles. The maximum Gasteiger partial charge on any atom is 0.175 e. The topological polar surface area (TPSA) is 30.5 Å². The Morgan fingerprint density at radius 2 is 1.61 bits per heavy atom. The fraction of sp³-hybridized carbons (Fsp3) is 0.143. The van der Waals surface area contributed by atoms with Gasteiger partial charge in [0.05, 0.1) is 22.3 Å². The molecule has 0 bridgehead atoms. The molecule has 0 unspecified atom stereocenters. The first-order chi connectivity index (χ1) is 13.5. The summed E-state index contributed by atoms with van der Waals surface area (Å²) in [5, 5.41) is 5.16. The summed E-state index contributed by atoms with van der Waals surface area (Å²) < 4.78 is 12.3. The van der Waals surface area contributed by atoms with E-state index in [1.807, 2.05) is 42.5 Å². The largest absolute Gasteiger partial charge is 0.493 e. The Kier molecular flexibility index (Phi) is 7.36. The van der Waals surface area contributed by atoms with Crippen LogP contribution in [0.5, 0.6) is 11.5 Å². The lowest BCUT2D eigenvalue weighted by molar-refractivity contribution is 0.282. The van der Waals surface area contributed by atoms with E-state index in [0.717, 1.165) is 21.3 Å². The van der Waals surface area contributed by atoms with Crippen molar-refractivity contribution < 1.29 is 9.47 Å². The zero-order chi connectivity index (χ0) is 20.1. The third-order valence-electron chi connectivity index (χ3n) is 4.00. The molecule has 1 N–H and O–H groups in total. The van der Waals surface area contributed by atoms with Gasteiger partial charge >= 0.3 is 0 Å². The molecule has 0 saturated carbocycles. The first kappa shape index (κ1) is 21.1. The van der Waals surface area contributed by atoms with Crippen molar-refractivity contribution in [3.8, 4) is 11.5 Å². The van der Waals surface area contributed by atoms with Crippen LogP contribution in [0.4, 0.5) is 5.69 Å². The van der Waals surface area contributed by atoms with Crippen LogP contribution in [0.25, 0.3) is 0 Å². The Morgan fingerprint density at radius 3 is 2.29 bits per heavy atom. The van der Waals surface area contributed by atoms with E-state index in [0.29, 0.717) is 39.7 Å². The molecule has 3 aromatic carbocycles. The molecule has 3 nitrogen and oxygen atoms in total. The second-order valence-electron chi connectivity index (χ2n) is 6.00. The van der Waals surface area contributed by atoms with Gasteiger partial charge in [-0.05, 0) is 69.5 Å². The fourth-order valence-corrected chi connectivity index (χ4v) is 3.79. The van der Waals surface area contributed by atoms with Gasteiger partial charge in [0, 0.05) is 16.6 Å². The summed E-state index contributed by atoms with van der Waals surface area (Å²) in [7, 11) is 1.62. The second-order valence-corrected chi connectivity index (χ2v) is 8.14. The Bertz CT molecular complexity index is 965. The summed E-state index contributed by atoms with van der Waals surface area (Å²) in [6, 6.07) is 16.8. The highest BCUT2D eigenvalue weighted by Gasteiger charge is 2.12. The molecule has 0 saturated heterocycles. The number of ether oxygens (including phenoxy) is 2. The van der Waals surface area contributed by atoms with Crippen LogP contribution in [0.15, 0.2) is 59.1 Å². The van der Waals surface area contributed by atoms with Gasteiger partial charge in [0.15, 0.2) is 11.5 Å². The Balaban J connectivity index is 1.72. The minimum Gasteiger partial charge on any atom is -0.493 e. The predicted octanol–water partition coefficient (Wildman–Crippen LogP) is 7.61. The number of halogens is 4. The van der Waals surface area contributed by atoms with Gasteiger partial charge < -0.3 is 14.8 Å². The average molecular weight is 502 g/mol. The molecule has 0 heterocycles. The van der Waals surface area contributed by atoms with E-state index >= 15 is 0 Å². The van der Waals surface area contributed by atoms with Crippen molar-refractivity contribution in [3.63, 3.8) is 0 Å².